The van der Waals surface area contributed by atoms with Crippen LogP contribution in [0.3, 0.4) is 0 Å². The molecule has 3 nitrogen and oxygen atoms in total. The Hall–Kier alpha value is -1.81. The van der Waals surface area contributed by atoms with Crippen molar-refractivity contribution in [1.82, 2.24) is 0 Å². The highest BCUT2D eigenvalue weighted by atomic mass is 79.9. The lowest BCUT2D eigenvalue weighted by molar-refractivity contribution is 0.415. The molecule has 0 saturated heterocycles. The summed E-state index contributed by atoms with van der Waals surface area (Å²) in [5, 5.41) is 4.17. The van der Waals surface area contributed by atoms with Crippen LogP contribution in [0.1, 0.15) is 5.56 Å². The second-order valence-electron chi connectivity index (χ2n) is 3.65. The molecule has 0 aromatic heterocycles. The van der Waals surface area contributed by atoms with Crippen molar-refractivity contribution in [1.29, 1.82) is 0 Å². The molecule has 4 heteroatoms. The first-order valence-electron chi connectivity index (χ1n) is 5.46. The van der Waals surface area contributed by atoms with Crippen LogP contribution in [0.25, 0.3) is 0 Å². The predicted molar refractivity (Wildman–Crippen MR) is 78.4 cm³/mol. The monoisotopic (exact) mass is 304 g/mol. The van der Waals surface area contributed by atoms with Gasteiger partial charge in [-0.3, -0.25) is 5.43 Å². The van der Waals surface area contributed by atoms with Crippen LogP contribution in [0, 0.1) is 0 Å². The van der Waals surface area contributed by atoms with E-state index in [9.17, 15) is 0 Å². The molecule has 0 unspecified atom stereocenters. The van der Waals surface area contributed by atoms with Crippen LogP contribution in [0.4, 0.5) is 5.69 Å². The quantitative estimate of drug-likeness (QED) is 0.686. The van der Waals surface area contributed by atoms with E-state index in [-0.39, 0.29) is 0 Å². The van der Waals surface area contributed by atoms with Gasteiger partial charge in [0, 0.05) is 4.47 Å². The zero-order valence-electron chi connectivity index (χ0n) is 9.93. The molecule has 0 saturated carbocycles. The minimum absolute atomic E-state index is 0.830. The van der Waals surface area contributed by atoms with Crippen LogP contribution in [-0.4, -0.2) is 13.3 Å². The number of benzene rings is 2. The first-order chi connectivity index (χ1) is 8.78. The second-order valence-corrected chi connectivity index (χ2v) is 4.57. The Balaban J connectivity index is 1.98. The van der Waals surface area contributed by atoms with Gasteiger partial charge < -0.3 is 4.74 Å². The Morgan fingerprint density at radius 3 is 2.61 bits per heavy atom. The van der Waals surface area contributed by atoms with Crippen LogP contribution < -0.4 is 10.2 Å². The SMILES string of the molecule is COc1ccc(N/N=C/c2cccc(Br)c2)cc1. The van der Waals surface area contributed by atoms with Crippen LogP contribution >= 0.6 is 15.9 Å². The lowest BCUT2D eigenvalue weighted by atomic mass is 10.2. The lowest BCUT2D eigenvalue weighted by Crippen LogP contribution is -1.90. The van der Waals surface area contributed by atoms with Crippen molar-refractivity contribution in [3.05, 3.63) is 58.6 Å². The van der Waals surface area contributed by atoms with Crippen molar-refractivity contribution in [2.45, 2.75) is 0 Å². The molecule has 0 amide bonds. The molecule has 2 aromatic carbocycles. The first kappa shape index (κ1) is 12.6. The van der Waals surface area contributed by atoms with Crippen LogP contribution in [0.5, 0.6) is 5.75 Å². The first-order valence-corrected chi connectivity index (χ1v) is 6.26. The molecule has 0 spiro atoms. The predicted octanol–water partition coefficient (Wildman–Crippen LogP) is 3.90. The molecule has 0 aliphatic heterocycles. The zero-order chi connectivity index (χ0) is 12.8. The molecule has 0 fully saturated rings. The van der Waals surface area contributed by atoms with Crippen molar-refractivity contribution in [2.24, 2.45) is 5.10 Å². The number of nitrogens with zero attached hydrogens (tertiary/aromatic N) is 1. The fourth-order valence-electron chi connectivity index (χ4n) is 1.43. The molecule has 92 valence electrons. The number of hydrogen-bond acceptors (Lipinski definition) is 3. The summed E-state index contributed by atoms with van der Waals surface area (Å²) in [5.74, 6) is 0.830. The number of hydrogen-bond donors (Lipinski definition) is 1. The second kappa shape index (κ2) is 6.21. The highest BCUT2D eigenvalue weighted by molar-refractivity contribution is 9.10. The summed E-state index contributed by atoms with van der Waals surface area (Å²) in [5.41, 5.74) is 4.91. The standard InChI is InChI=1S/C14H13BrN2O/c1-18-14-7-5-13(6-8-14)17-16-10-11-3-2-4-12(15)9-11/h2-10,17H,1H3/b16-10+. The maximum Gasteiger partial charge on any atom is 0.119 e. The third kappa shape index (κ3) is 3.60. The summed E-state index contributed by atoms with van der Waals surface area (Å²) in [6.07, 6.45) is 1.77. The number of anilines is 1. The van der Waals surface area contributed by atoms with E-state index >= 15 is 0 Å². The van der Waals surface area contributed by atoms with E-state index < -0.39 is 0 Å². The summed E-state index contributed by atoms with van der Waals surface area (Å²) in [6.45, 7) is 0. The molecule has 0 aliphatic carbocycles. The lowest BCUT2D eigenvalue weighted by Gasteiger charge is -2.02. The number of rotatable bonds is 4. The molecule has 0 atom stereocenters. The van der Waals surface area contributed by atoms with Gasteiger partial charge in [0.1, 0.15) is 5.75 Å². The average molecular weight is 305 g/mol. The Morgan fingerprint density at radius 1 is 1.17 bits per heavy atom. The van der Waals surface area contributed by atoms with Gasteiger partial charge in [0.25, 0.3) is 0 Å². The Bertz CT molecular complexity index is 538. The Morgan fingerprint density at radius 2 is 1.94 bits per heavy atom. The van der Waals surface area contributed by atoms with Gasteiger partial charge in [0.05, 0.1) is 19.0 Å². The van der Waals surface area contributed by atoms with Crippen molar-refractivity contribution >= 4 is 27.8 Å². The largest absolute Gasteiger partial charge is 0.497 e. The fourth-order valence-corrected chi connectivity index (χ4v) is 1.85. The highest BCUT2D eigenvalue weighted by Crippen LogP contribution is 2.15. The average Bonchev–Trinajstić information content (AvgIpc) is 2.40. The maximum absolute atomic E-state index is 5.08. The number of methoxy groups -OCH3 is 1. The van der Waals surface area contributed by atoms with Gasteiger partial charge in [0.2, 0.25) is 0 Å². The molecular weight excluding hydrogens is 292 g/mol. The minimum Gasteiger partial charge on any atom is -0.497 e. The minimum atomic E-state index is 0.830. The van der Waals surface area contributed by atoms with Gasteiger partial charge in [-0.25, -0.2) is 0 Å². The Labute approximate surface area is 115 Å². The van der Waals surface area contributed by atoms with E-state index in [0.717, 1.165) is 21.5 Å². The van der Waals surface area contributed by atoms with Crippen LogP contribution in [-0.2, 0) is 0 Å². The van der Waals surface area contributed by atoms with Crippen LogP contribution in [0.15, 0.2) is 58.1 Å². The molecule has 1 N–H and O–H groups in total. The zero-order valence-corrected chi connectivity index (χ0v) is 11.5. The fraction of sp³-hybridized carbons (Fsp3) is 0.0714. The number of ether oxygens (including phenoxy) is 1. The van der Waals surface area contributed by atoms with E-state index in [0.29, 0.717) is 0 Å². The van der Waals surface area contributed by atoms with Gasteiger partial charge >= 0.3 is 0 Å². The summed E-state index contributed by atoms with van der Waals surface area (Å²) in [7, 11) is 1.65. The van der Waals surface area contributed by atoms with Crippen molar-refractivity contribution in [3.63, 3.8) is 0 Å². The van der Waals surface area contributed by atoms with Gasteiger partial charge in [-0.15, -0.1) is 0 Å². The van der Waals surface area contributed by atoms with Gasteiger partial charge in [-0.05, 0) is 42.0 Å². The normalized spacial score (nSPS) is 10.6. The molecule has 0 bridgehead atoms. The van der Waals surface area contributed by atoms with Gasteiger partial charge in [-0.2, -0.15) is 5.10 Å². The molecule has 2 rings (SSSR count). The third-order valence-corrected chi connectivity index (χ3v) is 2.84. The van der Waals surface area contributed by atoms with E-state index in [2.05, 4.69) is 26.5 Å². The molecule has 18 heavy (non-hydrogen) atoms. The van der Waals surface area contributed by atoms with E-state index in [4.69, 9.17) is 4.74 Å². The number of hydrazone groups is 1. The number of halogens is 1. The molecule has 0 aliphatic rings. The van der Waals surface area contributed by atoms with Gasteiger partial charge in [0.15, 0.2) is 0 Å². The third-order valence-electron chi connectivity index (χ3n) is 2.35. The molecular formula is C14H13BrN2O. The molecule has 0 heterocycles. The van der Waals surface area contributed by atoms with E-state index in [1.54, 1.807) is 13.3 Å². The van der Waals surface area contributed by atoms with E-state index in [1.807, 2.05) is 48.5 Å². The smallest absolute Gasteiger partial charge is 0.119 e. The summed E-state index contributed by atoms with van der Waals surface area (Å²) in [6, 6.07) is 15.5. The summed E-state index contributed by atoms with van der Waals surface area (Å²) >= 11 is 3.42. The van der Waals surface area contributed by atoms with Crippen molar-refractivity contribution in [2.75, 3.05) is 12.5 Å². The molecule has 2 aromatic rings. The number of nitrogens with one attached hydrogen (secondary N) is 1. The van der Waals surface area contributed by atoms with Crippen LogP contribution in [0.2, 0.25) is 0 Å². The van der Waals surface area contributed by atoms with Gasteiger partial charge in [-0.1, -0.05) is 28.1 Å². The van der Waals surface area contributed by atoms with E-state index in [1.165, 1.54) is 0 Å². The van der Waals surface area contributed by atoms with Crippen molar-refractivity contribution < 1.29 is 4.74 Å². The van der Waals surface area contributed by atoms with Crippen molar-refractivity contribution in [3.8, 4) is 5.75 Å². The maximum atomic E-state index is 5.08. The summed E-state index contributed by atoms with van der Waals surface area (Å²) < 4.78 is 6.12. The molecule has 0 radical (unpaired) electrons. The Kier molecular flexibility index (Phi) is 4.36. The topological polar surface area (TPSA) is 33.6 Å². The summed E-state index contributed by atoms with van der Waals surface area (Å²) in [4.78, 5) is 0. The highest BCUT2D eigenvalue weighted by Gasteiger charge is 1.92.